The van der Waals surface area contributed by atoms with Gasteiger partial charge in [-0.3, -0.25) is 4.79 Å². The van der Waals surface area contributed by atoms with Gasteiger partial charge in [0.1, 0.15) is 0 Å². The van der Waals surface area contributed by atoms with Gasteiger partial charge in [-0.05, 0) is 11.6 Å². The lowest BCUT2D eigenvalue weighted by atomic mass is 10.1. The fourth-order valence-electron chi connectivity index (χ4n) is 0. The molecule has 0 N–H and O–H groups in total. The fraction of sp³-hybridized carbons (Fsp3) is 0.800. The van der Waals surface area contributed by atoms with Crippen LogP contribution in [0.4, 0.5) is 0 Å². The van der Waals surface area contributed by atoms with Gasteiger partial charge in [0, 0.05) is 20.8 Å². The zero-order valence-corrected chi connectivity index (χ0v) is 5.75. The smallest absolute Gasteiger partial charge is 0.287 e. The predicted molar refractivity (Wildman–Crippen MR) is 27.5 cm³/mol. The van der Waals surface area contributed by atoms with Gasteiger partial charge in [0.25, 0.3) is 4.87 Å². The summed E-state index contributed by atoms with van der Waals surface area (Å²) < 4.78 is 0. The molecule has 0 bridgehead atoms. The maximum atomic E-state index is 10.4. The van der Waals surface area contributed by atoms with Gasteiger partial charge in [-0.1, -0.05) is 0 Å². The summed E-state index contributed by atoms with van der Waals surface area (Å²) in [5.41, 5.74) is 0. The average Bonchev–Trinajstić information content (AvgIpc) is 1.31. The topological polar surface area (TPSA) is 17.1 Å². The number of carbonyl (C=O) groups excluding carboxylic acids is 1. The highest BCUT2D eigenvalue weighted by Crippen LogP contribution is 2.02. The molecule has 0 aliphatic heterocycles. The minimum atomic E-state index is -0.444. The van der Waals surface area contributed by atoms with Crippen molar-refractivity contribution in [1.29, 1.82) is 0 Å². The molecule has 0 spiro atoms. The molecule has 0 fully saturated rings. The van der Waals surface area contributed by atoms with Crippen LogP contribution in [0.2, 0.25) is 0 Å². The standard InChI is InChI=1S/C5H11ClO/c1-4(7)5(2,3)6/h6H2,1-3H3/q+2. The summed E-state index contributed by atoms with van der Waals surface area (Å²) in [6.45, 7) is 5.09. The van der Waals surface area contributed by atoms with Crippen LogP contribution in [0, 0.1) is 11.6 Å². The number of carbonyl (C=O) groups is 1. The zero-order chi connectivity index (χ0) is 6.08. The van der Waals surface area contributed by atoms with Crippen molar-refractivity contribution in [3.63, 3.8) is 0 Å². The molecule has 0 aromatic carbocycles. The van der Waals surface area contributed by atoms with Gasteiger partial charge in [-0.15, -0.1) is 0 Å². The van der Waals surface area contributed by atoms with Crippen molar-refractivity contribution < 1.29 is 16.4 Å². The molecule has 0 amide bonds. The van der Waals surface area contributed by atoms with Crippen LogP contribution in [0.15, 0.2) is 0 Å². The van der Waals surface area contributed by atoms with Gasteiger partial charge < -0.3 is 0 Å². The van der Waals surface area contributed by atoms with Gasteiger partial charge in [0.05, 0.1) is 0 Å². The van der Waals surface area contributed by atoms with Gasteiger partial charge in [0.15, 0.2) is 0 Å². The number of alkyl halides is 1. The third kappa shape index (κ3) is 2.63. The molecule has 0 atom stereocenters. The van der Waals surface area contributed by atoms with E-state index < -0.39 is 4.87 Å². The maximum absolute atomic E-state index is 10.4. The third-order valence-corrected chi connectivity index (χ3v) is 1.18. The fourth-order valence-corrected chi connectivity index (χ4v) is 0. The molecular formula is C5H11ClO+2. The Hall–Kier alpha value is -0.0400. The minimum absolute atomic E-state index is 0.107. The van der Waals surface area contributed by atoms with Gasteiger partial charge in [0.2, 0.25) is 5.78 Å². The van der Waals surface area contributed by atoms with Crippen LogP contribution in [-0.2, 0) is 4.79 Å². The van der Waals surface area contributed by atoms with Crippen LogP contribution in [0.3, 0.4) is 0 Å². The Labute approximate surface area is 48.7 Å². The third-order valence-electron chi connectivity index (χ3n) is 0.862. The first-order valence-electron chi connectivity index (χ1n) is 2.18. The largest absolute Gasteiger partial charge is 0.293 e. The van der Waals surface area contributed by atoms with Crippen LogP contribution in [0.1, 0.15) is 20.8 Å². The van der Waals surface area contributed by atoms with E-state index in [1.54, 1.807) is 13.8 Å². The molecule has 0 aromatic heterocycles. The van der Waals surface area contributed by atoms with Gasteiger partial charge >= 0.3 is 0 Å². The molecule has 0 aliphatic rings. The number of hydrogen-bond acceptors (Lipinski definition) is 1. The average molecular weight is 123 g/mol. The van der Waals surface area contributed by atoms with Crippen molar-refractivity contribution in [3.8, 4) is 0 Å². The van der Waals surface area contributed by atoms with Gasteiger partial charge in [-0.25, -0.2) is 0 Å². The second kappa shape index (κ2) is 1.83. The summed E-state index contributed by atoms with van der Waals surface area (Å²) in [5.74, 6) is 0.107. The van der Waals surface area contributed by atoms with E-state index in [1.165, 1.54) is 6.92 Å². The Morgan fingerprint density at radius 1 is 1.57 bits per heavy atom. The molecule has 42 valence electrons. The molecule has 1 nitrogen and oxygen atoms in total. The van der Waals surface area contributed by atoms with Crippen molar-refractivity contribution in [2.75, 3.05) is 0 Å². The monoisotopic (exact) mass is 122 g/mol. The van der Waals surface area contributed by atoms with Crippen LogP contribution in [0.25, 0.3) is 0 Å². The SMILES string of the molecule is CC(=O)C(C)(C)[ClH2+2]. The second-order valence-electron chi connectivity index (χ2n) is 2.12. The first-order valence-corrected chi connectivity index (χ1v) is 2.62. The highest BCUT2D eigenvalue weighted by Gasteiger charge is 2.31. The highest BCUT2D eigenvalue weighted by molar-refractivity contribution is 5.83. The van der Waals surface area contributed by atoms with E-state index >= 15 is 0 Å². The highest BCUT2D eigenvalue weighted by atomic mass is 35.5. The molecule has 0 aliphatic carbocycles. The summed E-state index contributed by atoms with van der Waals surface area (Å²) in [4.78, 5) is 9.94. The lowest BCUT2D eigenvalue weighted by molar-refractivity contribution is -0.445. The Balaban J connectivity index is 3.79. The molecule has 0 aromatic rings. The Morgan fingerprint density at radius 2 is 1.71 bits per heavy atom. The summed E-state index contributed by atoms with van der Waals surface area (Å²) in [6.07, 6.45) is 0. The molecule has 0 radical (unpaired) electrons. The number of halogens is 1. The summed E-state index contributed by atoms with van der Waals surface area (Å²) >= 11 is 4.00. The molecule has 0 rings (SSSR count). The van der Waals surface area contributed by atoms with Crippen LogP contribution < -0.4 is 0 Å². The number of ketones is 1. The van der Waals surface area contributed by atoms with E-state index in [9.17, 15) is 4.79 Å². The Bertz CT molecular complexity index is 80.6. The molecule has 0 saturated heterocycles. The lowest BCUT2D eigenvalue weighted by Gasteiger charge is -1.95. The molecule has 0 heterocycles. The Morgan fingerprint density at radius 3 is 1.71 bits per heavy atom. The first kappa shape index (κ1) is 6.96. The first-order chi connectivity index (χ1) is 2.94. The Kier molecular flexibility index (Phi) is 1.82. The van der Waals surface area contributed by atoms with Crippen molar-refractivity contribution in [1.82, 2.24) is 0 Å². The van der Waals surface area contributed by atoms with E-state index in [4.69, 9.17) is 0 Å². The van der Waals surface area contributed by atoms with E-state index in [0.717, 1.165) is 0 Å². The van der Waals surface area contributed by atoms with Crippen LogP contribution in [-0.4, -0.2) is 10.7 Å². The van der Waals surface area contributed by atoms with E-state index in [-0.39, 0.29) is 5.78 Å². The molecule has 0 saturated carbocycles. The van der Waals surface area contributed by atoms with Crippen molar-refractivity contribution in [2.45, 2.75) is 25.6 Å². The van der Waals surface area contributed by atoms with Crippen LogP contribution in [0.5, 0.6) is 0 Å². The zero-order valence-electron chi connectivity index (χ0n) is 4.86. The van der Waals surface area contributed by atoms with E-state index in [1.807, 2.05) is 0 Å². The normalized spacial score (nSPS) is 11.4. The van der Waals surface area contributed by atoms with Crippen molar-refractivity contribution in [2.24, 2.45) is 0 Å². The van der Waals surface area contributed by atoms with Crippen LogP contribution >= 0.6 is 0 Å². The van der Waals surface area contributed by atoms with Crippen molar-refractivity contribution in [3.05, 3.63) is 0 Å². The minimum Gasteiger partial charge on any atom is -0.287 e. The second-order valence-corrected chi connectivity index (χ2v) is 3.23. The van der Waals surface area contributed by atoms with E-state index in [2.05, 4.69) is 11.6 Å². The summed E-state index contributed by atoms with van der Waals surface area (Å²) in [7, 11) is 0. The number of Topliss-reactive ketones (excluding diaryl/α,β-unsaturated/α-hetero) is 1. The summed E-state index contributed by atoms with van der Waals surface area (Å²) in [5, 5.41) is 0. The quantitative estimate of drug-likeness (QED) is 0.460. The van der Waals surface area contributed by atoms with E-state index in [0.29, 0.717) is 0 Å². The van der Waals surface area contributed by atoms with Crippen molar-refractivity contribution >= 4 is 5.78 Å². The number of rotatable bonds is 1. The molecule has 7 heavy (non-hydrogen) atoms. The molecule has 0 unspecified atom stereocenters. The molecular weight excluding hydrogens is 112 g/mol. The van der Waals surface area contributed by atoms with Gasteiger partial charge in [-0.2, -0.15) is 0 Å². The number of hydrogen-bond donors (Lipinski definition) is 0. The summed E-state index contributed by atoms with van der Waals surface area (Å²) in [6, 6.07) is 0. The maximum Gasteiger partial charge on any atom is 0.293 e. The predicted octanol–water partition coefficient (Wildman–Crippen LogP) is 0.368. The molecule has 2 heteroatoms. The lowest BCUT2D eigenvalue weighted by Crippen LogP contribution is -2.25.